The first-order chi connectivity index (χ1) is 8.95. The van der Waals surface area contributed by atoms with Gasteiger partial charge in [0.25, 0.3) is 0 Å². The molecule has 0 aliphatic carbocycles. The van der Waals surface area contributed by atoms with E-state index in [2.05, 4.69) is 32.9 Å². The minimum Gasteiger partial charge on any atom is -0.469 e. The predicted octanol–water partition coefficient (Wildman–Crippen LogP) is 4.36. The number of hydrogen-bond donors (Lipinski definition) is 1. The molecule has 2 nitrogen and oxygen atoms in total. The van der Waals surface area contributed by atoms with Crippen molar-refractivity contribution in [2.75, 3.05) is 0 Å². The molecule has 0 spiro atoms. The Bertz CT molecular complexity index is 535. The van der Waals surface area contributed by atoms with Crippen molar-refractivity contribution in [1.82, 2.24) is 0 Å². The quantitative estimate of drug-likeness (QED) is 0.884. The molecule has 0 aliphatic rings. The van der Waals surface area contributed by atoms with Crippen LogP contribution in [0.25, 0.3) is 0 Å². The van der Waals surface area contributed by atoms with Crippen LogP contribution in [0.4, 0.5) is 0 Å². The average molecular weight is 258 g/mol. The van der Waals surface area contributed by atoms with Gasteiger partial charge in [0.1, 0.15) is 11.9 Å². The summed E-state index contributed by atoms with van der Waals surface area (Å²) in [5, 5.41) is 10.4. The maximum absolute atomic E-state index is 10.4. The van der Waals surface area contributed by atoms with Gasteiger partial charge in [-0.15, -0.1) is 0 Å². The molecule has 19 heavy (non-hydrogen) atoms. The fourth-order valence-corrected chi connectivity index (χ4v) is 2.18. The second-order valence-electron chi connectivity index (χ2n) is 5.69. The molecule has 0 bridgehead atoms. The monoisotopic (exact) mass is 258 g/mol. The molecule has 0 saturated carbocycles. The lowest BCUT2D eigenvalue weighted by Crippen LogP contribution is -2.15. The standard InChI is InChI=1S/C17H22O2/c1-5-17(3,4)14-8-6-13(7-9-14)16(18)15-10-11-19-12(15)2/h6-11,16,18H,5H2,1-4H3. The minimum atomic E-state index is -0.613. The molecule has 0 fully saturated rings. The molecule has 1 unspecified atom stereocenters. The number of benzene rings is 1. The van der Waals surface area contributed by atoms with E-state index in [1.54, 1.807) is 6.26 Å². The number of aliphatic hydroxyl groups excluding tert-OH is 1. The van der Waals surface area contributed by atoms with E-state index in [1.165, 1.54) is 5.56 Å². The van der Waals surface area contributed by atoms with Gasteiger partial charge >= 0.3 is 0 Å². The lowest BCUT2D eigenvalue weighted by molar-refractivity contribution is 0.218. The Morgan fingerprint density at radius 3 is 2.26 bits per heavy atom. The molecule has 2 aromatic rings. The topological polar surface area (TPSA) is 33.4 Å². The maximum atomic E-state index is 10.4. The summed E-state index contributed by atoms with van der Waals surface area (Å²) < 4.78 is 5.24. The fourth-order valence-electron chi connectivity index (χ4n) is 2.18. The van der Waals surface area contributed by atoms with Crippen LogP contribution >= 0.6 is 0 Å². The summed E-state index contributed by atoms with van der Waals surface area (Å²) in [7, 11) is 0. The molecule has 1 atom stereocenters. The van der Waals surface area contributed by atoms with Crippen LogP contribution in [0, 0.1) is 6.92 Å². The van der Waals surface area contributed by atoms with Gasteiger partial charge in [0.2, 0.25) is 0 Å². The van der Waals surface area contributed by atoms with Crippen LogP contribution in [0.2, 0.25) is 0 Å². The number of aryl methyl sites for hydroxylation is 1. The molecule has 1 aromatic carbocycles. The number of aliphatic hydroxyl groups is 1. The highest BCUT2D eigenvalue weighted by molar-refractivity contribution is 5.34. The van der Waals surface area contributed by atoms with Crippen molar-refractivity contribution in [3.63, 3.8) is 0 Å². The van der Waals surface area contributed by atoms with E-state index >= 15 is 0 Å². The van der Waals surface area contributed by atoms with Gasteiger partial charge in [-0.05, 0) is 36.0 Å². The highest BCUT2D eigenvalue weighted by Gasteiger charge is 2.19. The predicted molar refractivity (Wildman–Crippen MR) is 77.3 cm³/mol. The smallest absolute Gasteiger partial charge is 0.107 e. The first-order valence-electron chi connectivity index (χ1n) is 6.78. The highest BCUT2D eigenvalue weighted by Crippen LogP contribution is 2.30. The van der Waals surface area contributed by atoms with E-state index in [1.807, 2.05) is 25.1 Å². The molecular formula is C17H22O2. The van der Waals surface area contributed by atoms with Gasteiger partial charge in [-0.1, -0.05) is 45.0 Å². The Morgan fingerprint density at radius 1 is 1.16 bits per heavy atom. The first-order valence-corrected chi connectivity index (χ1v) is 6.78. The summed E-state index contributed by atoms with van der Waals surface area (Å²) in [6, 6.07) is 10.0. The maximum Gasteiger partial charge on any atom is 0.107 e. The first kappa shape index (κ1) is 13.9. The molecule has 0 amide bonds. The summed E-state index contributed by atoms with van der Waals surface area (Å²) in [6.07, 6.45) is 2.09. The van der Waals surface area contributed by atoms with Crippen LogP contribution < -0.4 is 0 Å². The van der Waals surface area contributed by atoms with Crippen molar-refractivity contribution in [2.45, 2.75) is 45.6 Å². The van der Waals surface area contributed by atoms with Gasteiger partial charge in [0, 0.05) is 5.56 Å². The van der Waals surface area contributed by atoms with Crippen LogP contribution in [0.5, 0.6) is 0 Å². The molecule has 1 aromatic heterocycles. The van der Waals surface area contributed by atoms with Crippen molar-refractivity contribution >= 4 is 0 Å². The Labute approximate surface area is 115 Å². The van der Waals surface area contributed by atoms with E-state index in [9.17, 15) is 5.11 Å². The Balaban J connectivity index is 2.26. The molecule has 2 rings (SSSR count). The van der Waals surface area contributed by atoms with Gasteiger partial charge in [0.05, 0.1) is 6.26 Å². The van der Waals surface area contributed by atoms with E-state index in [-0.39, 0.29) is 5.41 Å². The lowest BCUT2D eigenvalue weighted by Gasteiger charge is -2.23. The van der Waals surface area contributed by atoms with Crippen LogP contribution in [-0.4, -0.2) is 5.11 Å². The number of furan rings is 1. The lowest BCUT2D eigenvalue weighted by atomic mass is 9.82. The summed E-state index contributed by atoms with van der Waals surface area (Å²) in [6.45, 7) is 8.53. The van der Waals surface area contributed by atoms with Crippen LogP contribution in [0.15, 0.2) is 41.0 Å². The summed E-state index contributed by atoms with van der Waals surface area (Å²) in [5.74, 6) is 0.769. The molecule has 102 valence electrons. The Morgan fingerprint density at radius 2 is 1.79 bits per heavy atom. The van der Waals surface area contributed by atoms with Gasteiger partial charge in [0.15, 0.2) is 0 Å². The van der Waals surface area contributed by atoms with E-state index < -0.39 is 6.10 Å². The van der Waals surface area contributed by atoms with Crippen LogP contribution in [0.1, 0.15) is 55.7 Å². The third-order valence-corrected chi connectivity index (χ3v) is 4.09. The largest absolute Gasteiger partial charge is 0.469 e. The third kappa shape index (κ3) is 2.74. The minimum absolute atomic E-state index is 0.176. The van der Waals surface area contributed by atoms with Crippen molar-refractivity contribution in [2.24, 2.45) is 0 Å². The van der Waals surface area contributed by atoms with E-state index in [0.29, 0.717) is 0 Å². The zero-order valence-corrected chi connectivity index (χ0v) is 12.1. The Hall–Kier alpha value is -1.54. The summed E-state index contributed by atoms with van der Waals surface area (Å²) >= 11 is 0. The van der Waals surface area contributed by atoms with Gasteiger partial charge < -0.3 is 9.52 Å². The molecule has 0 aliphatic heterocycles. The van der Waals surface area contributed by atoms with Crippen molar-refractivity contribution in [3.8, 4) is 0 Å². The molecule has 1 heterocycles. The molecule has 0 radical (unpaired) electrons. The summed E-state index contributed by atoms with van der Waals surface area (Å²) in [5.41, 5.74) is 3.22. The highest BCUT2D eigenvalue weighted by atomic mass is 16.3. The molecule has 0 saturated heterocycles. The number of hydrogen-bond acceptors (Lipinski definition) is 2. The van der Waals surface area contributed by atoms with Gasteiger partial charge in [-0.2, -0.15) is 0 Å². The second-order valence-corrected chi connectivity index (χ2v) is 5.69. The van der Waals surface area contributed by atoms with Gasteiger partial charge in [-0.25, -0.2) is 0 Å². The van der Waals surface area contributed by atoms with Crippen LogP contribution in [-0.2, 0) is 5.41 Å². The normalized spacial score (nSPS) is 13.5. The summed E-state index contributed by atoms with van der Waals surface area (Å²) in [4.78, 5) is 0. The number of rotatable bonds is 4. The molecular weight excluding hydrogens is 236 g/mol. The Kier molecular flexibility index (Phi) is 3.81. The van der Waals surface area contributed by atoms with Gasteiger partial charge in [-0.3, -0.25) is 0 Å². The average Bonchev–Trinajstić information content (AvgIpc) is 2.84. The molecule has 2 heteroatoms. The van der Waals surface area contributed by atoms with Crippen molar-refractivity contribution < 1.29 is 9.52 Å². The SMILES string of the molecule is CCC(C)(C)c1ccc(C(O)c2ccoc2C)cc1. The zero-order valence-electron chi connectivity index (χ0n) is 12.1. The second kappa shape index (κ2) is 5.22. The van der Waals surface area contributed by atoms with Crippen molar-refractivity contribution in [3.05, 3.63) is 59.0 Å². The van der Waals surface area contributed by atoms with E-state index in [4.69, 9.17) is 4.42 Å². The zero-order chi connectivity index (χ0) is 14.0. The molecule has 1 N–H and O–H groups in total. The van der Waals surface area contributed by atoms with Crippen LogP contribution in [0.3, 0.4) is 0 Å². The van der Waals surface area contributed by atoms with E-state index in [0.717, 1.165) is 23.3 Å². The third-order valence-electron chi connectivity index (χ3n) is 4.09. The fraction of sp³-hybridized carbons (Fsp3) is 0.412. The van der Waals surface area contributed by atoms with Crippen molar-refractivity contribution in [1.29, 1.82) is 0 Å².